The van der Waals surface area contributed by atoms with Crippen molar-refractivity contribution in [3.63, 3.8) is 0 Å². The molecule has 1 aromatic carbocycles. The van der Waals surface area contributed by atoms with Crippen molar-refractivity contribution in [2.75, 3.05) is 18.4 Å². The van der Waals surface area contributed by atoms with Gasteiger partial charge in [0.1, 0.15) is 5.69 Å². The van der Waals surface area contributed by atoms with E-state index in [9.17, 15) is 28.1 Å². The average molecular weight is 430 g/mol. The molecule has 0 aliphatic rings. The van der Waals surface area contributed by atoms with Crippen LogP contribution in [0.3, 0.4) is 0 Å². The smallest absolute Gasteiger partial charge is 0.379 e. The molecule has 0 spiro atoms. The number of unbranched alkanes of at least 4 members (excludes halogenated alkanes) is 1. The van der Waals surface area contributed by atoms with Gasteiger partial charge in [-0.25, -0.2) is 4.98 Å². The van der Waals surface area contributed by atoms with Crippen LogP contribution in [0, 0.1) is 17.0 Å². The third-order valence-electron chi connectivity index (χ3n) is 4.00. The normalized spacial score (nSPS) is 11.3. The van der Waals surface area contributed by atoms with E-state index in [0.29, 0.717) is 12.6 Å². The number of hydrogen-bond acceptors (Lipinski definition) is 6. The Morgan fingerprint density at radius 2 is 2.03 bits per heavy atom. The molecule has 0 aliphatic heterocycles. The third kappa shape index (κ3) is 7.33. The molecule has 0 fully saturated rings. The van der Waals surface area contributed by atoms with E-state index in [1.165, 1.54) is 0 Å². The zero-order chi connectivity index (χ0) is 21.4. The number of aryl methyl sites for hydroxylation is 2. The molecule has 2 N–H and O–H groups in total. The van der Waals surface area contributed by atoms with Gasteiger partial charge in [-0.2, -0.15) is 13.2 Å². The van der Waals surface area contributed by atoms with Crippen LogP contribution in [0.1, 0.15) is 35.5 Å². The molecule has 7 nitrogen and oxygen atoms in total. The molecule has 2 rings (SSSR count). The van der Waals surface area contributed by atoms with E-state index in [0.717, 1.165) is 42.1 Å². The zero-order valence-electron chi connectivity index (χ0n) is 15.7. The van der Waals surface area contributed by atoms with E-state index in [1.807, 2.05) is 12.3 Å². The maximum atomic E-state index is 12.7. The minimum atomic E-state index is -4.67. The molecular weight excluding hydrogens is 409 g/mol. The van der Waals surface area contributed by atoms with E-state index in [2.05, 4.69) is 15.6 Å². The van der Waals surface area contributed by atoms with Gasteiger partial charge in [0.2, 0.25) is 5.91 Å². The van der Waals surface area contributed by atoms with Crippen molar-refractivity contribution in [1.82, 2.24) is 10.3 Å². The molecule has 2 aromatic rings. The molecule has 1 amide bonds. The molecule has 0 saturated carbocycles. The van der Waals surface area contributed by atoms with Crippen molar-refractivity contribution < 1.29 is 22.9 Å². The fourth-order valence-corrected chi connectivity index (χ4v) is 3.37. The molecule has 0 saturated heterocycles. The molecule has 11 heteroatoms. The number of anilines is 1. The van der Waals surface area contributed by atoms with Crippen LogP contribution in [0.25, 0.3) is 0 Å². The summed E-state index contributed by atoms with van der Waals surface area (Å²) in [6, 6.07) is 2.24. The van der Waals surface area contributed by atoms with Gasteiger partial charge in [-0.3, -0.25) is 14.9 Å². The Labute approximate surface area is 169 Å². The summed E-state index contributed by atoms with van der Waals surface area (Å²) in [7, 11) is 0. The van der Waals surface area contributed by atoms with Crippen molar-refractivity contribution in [3.05, 3.63) is 50.0 Å². The van der Waals surface area contributed by atoms with E-state index in [-0.39, 0.29) is 24.6 Å². The Bertz CT molecular complexity index is 855. The molecule has 0 atom stereocenters. The number of hydrogen-bond donors (Lipinski definition) is 2. The van der Waals surface area contributed by atoms with E-state index < -0.39 is 22.4 Å². The molecule has 0 radical (unpaired) electrons. The monoisotopic (exact) mass is 430 g/mol. The van der Waals surface area contributed by atoms with E-state index in [4.69, 9.17) is 0 Å². The summed E-state index contributed by atoms with van der Waals surface area (Å²) in [5, 5.41) is 19.5. The van der Waals surface area contributed by atoms with Crippen LogP contribution in [0.2, 0.25) is 0 Å². The largest absolute Gasteiger partial charge is 0.416 e. The predicted molar refractivity (Wildman–Crippen MR) is 104 cm³/mol. The van der Waals surface area contributed by atoms with Crippen molar-refractivity contribution in [2.45, 2.75) is 38.8 Å². The minimum Gasteiger partial charge on any atom is -0.379 e. The lowest BCUT2D eigenvalue weighted by Gasteiger charge is -2.10. The van der Waals surface area contributed by atoms with Crippen LogP contribution >= 0.6 is 11.3 Å². The number of nitrogens with one attached hydrogen (secondary N) is 2. The number of thiazole rings is 1. The summed E-state index contributed by atoms with van der Waals surface area (Å²) in [6.07, 6.45) is -2.08. The Morgan fingerprint density at radius 1 is 1.28 bits per heavy atom. The zero-order valence-corrected chi connectivity index (χ0v) is 16.5. The van der Waals surface area contributed by atoms with Gasteiger partial charge < -0.3 is 10.6 Å². The summed E-state index contributed by atoms with van der Waals surface area (Å²) in [5.74, 6) is -0.239. The van der Waals surface area contributed by atoms with Crippen molar-refractivity contribution in [2.24, 2.45) is 0 Å². The number of benzene rings is 1. The first-order valence-electron chi connectivity index (χ1n) is 8.94. The highest BCUT2D eigenvalue weighted by Crippen LogP contribution is 2.34. The van der Waals surface area contributed by atoms with Gasteiger partial charge in [0, 0.05) is 36.7 Å². The second-order valence-electron chi connectivity index (χ2n) is 6.35. The van der Waals surface area contributed by atoms with Gasteiger partial charge in [-0.15, -0.1) is 11.3 Å². The summed E-state index contributed by atoms with van der Waals surface area (Å²) in [6.45, 7) is 2.51. The van der Waals surface area contributed by atoms with Crippen LogP contribution in [0.5, 0.6) is 0 Å². The van der Waals surface area contributed by atoms with Gasteiger partial charge in [-0.1, -0.05) is 0 Å². The van der Waals surface area contributed by atoms with Crippen molar-refractivity contribution in [1.29, 1.82) is 0 Å². The topological polar surface area (TPSA) is 97.2 Å². The fourth-order valence-electron chi connectivity index (χ4n) is 2.55. The lowest BCUT2D eigenvalue weighted by molar-refractivity contribution is -0.384. The Hall–Kier alpha value is -2.69. The van der Waals surface area contributed by atoms with Gasteiger partial charge in [-0.05, 0) is 38.3 Å². The lowest BCUT2D eigenvalue weighted by Crippen LogP contribution is -2.26. The Balaban J connectivity index is 1.72. The van der Waals surface area contributed by atoms with Gasteiger partial charge >= 0.3 is 6.18 Å². The first kappa shape index (κ1) is 22.6. The highest BCUT2D eigenvalue weighted by Gasteiger charge is 2.33. The Morgan fingerprint density at radius 3 is 2.66 bits per heavy atom. The second-order valence-corrected chi connectivity index (χ2v) is 7.30. The van der Waals surface area contributed by atoms with Crippen LogP contribution in [-0.4, -0.2) is 28.9 Å². The highest BCUT2D eigenvalue weighted by atomic mass is 32.1. The Kier molecular flexibility index (Phi) is 7.94. The molecule has 1 heterocycles. The number of amides is 1. The minimum absolute atomic E-state index is 0.0455. The highest BCUT2D eigenvalue weighted by molar-refractivity contribution is 7.09. The molecular formula is C18H21F3N4O3S. The quantitative estimate of drug-likeness (QED) is 0.332. The lowest BCUT2D eigenvalue weighted by atomic mass is 10.1. The summed E-state index contributed by atoms with van der Waals surface area (Å²) in [5.41, 5.74) is -0.841. The first-order chi connectivity index (χ1) is 13.7. The number of aromatic nitrogens is 1. The van der Waals surface area contributed by atoms with E-state index in [1.54, 1.807) is 11.3 Å². The molecule has 0 aliphatic carbocycles. The van der Waals surface area contributed by atoms with Gasteiger partial charge in [0.25, 0.3) is 5.69 Å². The average Bonchev–Trinajstić information content (AvgIpc) is 3.05. The number of carbonyl (C=O) groups is 1. The second kappa shape index (κ2) is 10.2. The van der Waals surface area contributed by atoms with Crippen LogP contribution < -0.4 is 10.6 Å². The van der Waals surface area contributed by atoms with E-state index >= 15 is 0 Å². The first-order valence-corrected chi connectivity index (χ1v) is 9.82. The van der Waals surface area contributed by atoms with Gasteiger partial charge in [0.05, 0.1) is 15.5 Å². The standard InChI is InChI=1S/C18H21F3N4O3S/c1-12-11-29-17(24-12)4-2-3-8-23-16(26)7-9-22-14-6-5-13(18(19,20)21)10-15(14)25(27)28/h5-6,10-11,22H,2-4,7-9H2,1H3,(H,23,26). The maximum absolute atomic E-state index is 12.7. The summed E-state index contributed by atoms with van der Waals surface area (Å²) < 4.78 is 38.1. The molecule has 0 unspecified atom stereocenters. The van der Waals surface area contributed by atoms with Crippen LogP contribution in [0.15, 0.2) is 23.6 Å². The number of rotatable bonds is 10. The fraction of sp³-hybridized carbons (Fsp3) is 0.444. The third-order valence-corrected chi connectivity index (χ3v) is 5.02. The molecule has 158 valence electrons. The van der Waals surface area contributed by atoms with Crippen LogP contribution in [-0.2, 0) is 17.4 Å². The SMILES string of the molecule is Cc1csc(CCCCNC(=O)CCNc2ccc(C(F)(F)F)cc2[N+](=O)[O-])n1. The number of nitro groups is 1. The number of halogens is 3. The van der Waals surface area contributed by atoms with Crippen LogP contribution in [0.4, 0.5) is 24.5 Å². The number of nitro benzene ring substituents is 1. The maximum Gasteiger partial charge on any atom is 0.416 e. The summed E-state index contributed by atoms with van der Waals surface area (Å²) >= 11 is 1.61. The van der Waals surface area contributed by atoms with Gasteiger partial charge in [0.15, 0.2) is 0 Å². The van der Waals surface area contributed by atoms with Crippen molar-refractivity contribution >= 4 is 28.6 Å². The number of nitrogens with zero attached hydrogens (tertiary/aromatic N) is 2. The predicted octanol–water partition coefficient (Wildman–Crippen LogP) is 4.32. The number of alkyl halides is 3. The molecule has 1 aromatic heterocycles. The summed E-state index contributed by atoms with van der Waals surface area (Å²) in [4.78, 5) is 26.3. The molecule has 0 bridgehead atoms. The molecule has 29 heavy (non-hydrogen) atoms. The van der Waals surface area contributed by atoms with Crippen molar-refractivity contribution in [3.8, 4) is 0 Å². The number of carbonyl (C=O) groups excluding carboxylic acids is 1.